The lowest BCUT2D eigenvalue weighted by Crippen LogP contribution is -2.37. The molecule has 0 aliphatic rings. The average Bonchev–Trinajstić information content (AvgIpc) is 2.61. The summed E-state index contributed by atoms with van der Waals surface area (Å²) in [7, 11) is 2.11. The van der Waals surface area contributed by atoms with Crippen LogP contribution in [0.4, 0.5) is 5.69 Å². The highest BCUT2D eigenvalue weighted by Gasteiger charge is 2.17. The van der Waals surface area contributed by atoms with Gasteiger partial charge < -0.3 is 4.90 Å². The molecule has 0 spiro atoms. The fourth-order valence-corrected chi connectivity index (χ4v) is 1.53. The topological polar surface area (TPSA) is 31.9 Å². The van der Waals surface area contributed by atoms with Crippen LogP contribution in [0.15, 0.2) is 24.4 Å². The van der Waals surface area contributed by atoms with E-state index in [1.54, 1.807) is 0 Å². The molecule has 1 heterocycles. The summed E-state index contributed by atoms with van der Waals surface area (Å²) < 4.78 is 0. The molecule has 0 unspecified atom stereocenters. The van der Waals surface area contributed by atoms with E-state index in [-0.39, 0.29) is 5.54 Å². The quantitative estimate of drug-likeness (QED) is 0.772. The van der Waals surface area contributed by atoms with Crippen LogP contribution in [0.5, 0.6) is 0 Å². The fraction of sp³-hybridized carbons (Fsp3) is 0.417. The monoisotopic (exact) mass is 203 g/mol. The number of anilines is 1. The minimum absolute atomic E-state index is 0.136. The molecule has 1 aromatic carbocycles. The predicted octanol–water partition coefficient (Wildman–Crippen LogP) is 2.80. The third-order valence-corrected chi connectivity index (χ3v) is 2.82. The van der Waals surface area contributed by atoms with Crippen LogP contribution >= 0.6 is 0 Å². The van der Waals surface area contributed by atoms with Gasteiger partial charge in [-0.25, -0.2) is 0 Å². The second-order valence-electron chi connectivity index (χ2n) is 4.87. The number of benzene rings is 1. The van der Waals surface area contributed by atoms with E-state index in [4.69, 9.17) is 0 Å². The first-order chi connectivity index (χ1) is 6.98. The van der Waals surface area contributed by atoms with Crippen molar-refractivity contribution in [1.29, 1.82) is 0 Å². The highest BCUT2D eigenvalue weighted by Crippen LogP contribution is 2.24. The van der Waals surface area contributed by atoms with E-state index in [1.807, 2.05) is 6.20 Å². The van der Waals surface area contributed by atoms with Crippen LogP contribution in [0.1, 0.15) is 20.8 Å². The van der Waals surface area contributed by atoms with Crippen LogP contribution in [0.3, 0.4) is 0 Å². The molecule has 0 aliphatic heterocycles. The van der Waals surface area contributed by atoms with Gasteiger partial charge in [0.05, 0.1) is 11.7 Å². The van der Waals surface area contributed by atoms with E-state index in [0.29, 0.717) is 0 Å². The van der Waals surface area contributed by atoms with Crippen molar-refractivity contribution >= 4 is 16.6 Å². The molecule has 2 aromatic rings. The molecule has 0 saturated carbocycles. The van der Waals surface area contributed by atoms with Gasteiger partial charge in [-0.05, 0) is 39.0 Å². The van der Waals surface area contributed by atoms with Gasteiger partial charge in [0, 0.05) is 23.7 Å². The molecule has 0 amide bonds. The third kappa shape index (κ3) is 1.82. The largest absolute Gasteiger partial charge is 0.370 e. The number of rotatable bonds is 1. The van der Waals surface area contributed by atoms with Crippen molar-refractivity contribution in [3.05, 3.63) is 24.4 Å². The van der Waals surface area contributed by atoms with Gasteiger partial charge in [0.15, 0.2) is 0 Å². The Labute approximate surface area is 90.1 Å². The van der Waals surface area contributed by atoms with E-state index in [0.717, 1.165) is 10.9 Å². The van der Waals surface area contributed by atoms with Crippen molar-refractivity contribution in [3.63, 3.8) is 0 Å². The average molecular weight is 203 g/mol. The van der Waals surface area contributed by atoms with Gasteiger partial charge in [-0.15, -0.1) is 0 Å². The summed E-state index contributed by atoms with van der Waals surface area (Å²) >= 11 is 0. The van der Waals surface area contributed by atoms with E-state index in [2.05, 4.69) is 61.1 Å². The van der Waals surface area contributed by atoms with Crippen molar-refractivity contribution < 1.29 is 0 Å². The van der Waals surface area contributed by atoms with Crippen LogP contribution < -0.4 is 4.90 Å². The van der Waals surface area contributed by atoms with Gasteiger partial charge in [0.2, 0.25) is 0 Å². The molecule has 0 radical (unpaired) electrons. The summed E-state index contributed by atoms with van der Waals surface area (Å²) in [4.78, 5) is 2.26. The third-order valence-electron chi connectivity index (χ3n) is 2.82. The number of fused-ring (bicyclic) bond motifs is 1. The van der Waals surface area contributed by atoms with Crippen molar-refractivity contribution in [2.45, 2.75) is 26.3 Å². The van der Waals surface area contributed by atoms with E-state index in [1.165, 1.54) is 5.69 Å². The van der Waals surface area contributed by atoms with Gasteiger partial charge in [-0.3, -0.25) is 5.10 Å². The lowest BCUT2D eigenvalue weighted by atomic mass is 10.1. The second kappa shape index (κ2) is 3.26. The van der Waals surface area contributed by atoms with Gasteiger partial charge in [0.25, 0.3) is 0 Å². The highest BCUT2D eigenvalue weighted by atomic mass is 15.2. The van der Waals surface area contributed by atoms with Crippen LogP contribution in [0, 0.1) is 0 Å². The highest BCUT2D eigenvalue weighted by molar-refractivity contribution is 5.82. The molecular formula is C12H17N3. The molecular weight excluding hydrogens is 186 g/mol. The van der Waals surface area contributed by atoms with Crippen molar-refractivity contribution in [2.24, 2.45) is 0 Å². The Morgan fingerprint density at radius 1 is 1.27 bits per heavy atom. The zero-order valence-corrected chi connectivity index (χ0v) is 9.70. The summed E-state index contributed by atoms with van der Waals surface area (Å²) in [6, 6.07) is 6.34. The molecule has 0 aliphatic carbocycles. The molecule has 3 nitrogen and oxygen atoms in total. The summed E-state index contributed by atoms with van der Waals surface area (Å²) in [6.45, 7) is 6.60. The van der Waals surface area contributed by atoms with Gasteiger partial charge in [-0.1, -0.05) is 0 Å². The lowest BCUT2D eigenvalue weighted by molar-refractivity contribution is 0.539. The number of hydrogen-bond acceptors (Lipinski definition) is 2. The summed E-state index contributed by atoms with van der Waals surface area (Å²) in [6.07, 6.45) is 1.86. The minimum Gasteiger partial charge on any atom is -0.370 e. The molecule has 2 rings (SSSR count). The molecule has 0 atom stereocenters. The molecule has 80 valence electrons. The molecule has 1 N–H and O–H groups in total. The van der Waals surface area contributed by atoms with Gasteiger partial charge in [-0.2, -0.15) is 5.10 Å². The molecule has 0 saturated heterocycles. The van der Waals surface area contributed by atoms with Gasteiger partial charge >= 0.3 is 0 Å². The fourth-order valence-electron chi connectivity index (χ4n) is 1.53. The lowest BCUT2D eigenvalue weighted by Gasteiger charge is -2.34. The summed E-state index contributed by atoms with van der Waals surface area (Å²) in [5.74, 6) is 0. The number of hydrogen-bond donors (Lipinski definition) is 1. The molecule has 15 heavy (non-hydrogen) atoms. The SMILES string of the molecule is CN(c1ccc2[nH]ncc2c1)C(C)(C)C. The first kappa shape index (κ1) is 10.0. The maximum Gasteiger partial charge on any atom is 0.0651 e. The Hall–Kier alpha value is -1.51. The number of aromatic amines is 1. The Morgan fingerprint density at radius 2 is 2.00 bits per heavy atom. The number of aromatic nitrogens is 2. The van der Waals surface area contributed by atoms with E-state index < -0.39 is 0 Å². The Bertz CT molecular complexity index is 465. The Kier molecular flexibility index (Phi) is 2.18. The summed E-state index contributed by atoms with van der Waals surface area (Å²) in [5.41, 5.74) is 2.44. The van der Waals surface area contributed by atoms with Crippen LogP contribution in [-0.2, 0) is 0 Å². The number of H-pyrrole nitrogens is 1. The maximum absolute atomic E-state index is 4.02. The Balaban J connectivity index is 2.44. The van der Waals surface area contributed by atoms with Crippen molar-refractivity contribution in [1.82, 2.24) is 10.2 Å². The van der Waals surface area contributed by atoms with Gasteiger partial charge in [0.1, 0.15) is 0 Å². The zero-order valence-electron chi connectivity index (χ0n) is 9.70. The Morgan fingerprint density at radius 3 is 2.67 bits per heavy atom. The molecule has 0 bridgehead atoms. The molecule has 3 heteroatoms. The molecule has 1 aromatic heterocycles. The first-order valence-corrected chi connectivity index (χ1v) is 5.15. The van der Waals surface area contributed by atoms with Crippen molar-refractivity contribution in [3.8, 4) is 0 Å². The second-order valence-corrected chi connectivity index (χ2v) is 4.87. The standard InChI is InChI=1S/C12H17N3/c1-12(2,3)15(4)10-5-6-11-9(7-10)8-13-14-11/h5-8H,1-4H3,(H,13,14). The molecule has 0 fully saturated rings. The number of nitrogens with zero attached hydrogens (tertiary/aromatic N) is 2. The predicted molar refractivity (Wildman–Crippen MR) is 64.2 cm³/mol. The van der Waals surface area contributed by atoms with E-state index >= 15 is 0 Å². The van der Waals surface area contributed by atoms with Crippen molar-refractivity contribution in [2.75, 3.05) is 11.9 Å². The maximum atomic E-state index is 4.02. The van der Waals surface area contributed by atoms with Crippen LogP contribution in [0.25, 0.3) is 10.9 Å². The van der Waals surface area contributed by atoms with Crippen LogP contribution in [0.2, 0.25) is 0 Å². The normalized spacial score (nSPS) is 12.0. The smallest absolute Gasteiger partial charge is 0.0651 e. The summed E-state index contributed by atoms with van der Waals surface area (Å²) in [5, 5.41) is 8.13. The van der Waals surface area contributed by atoms with E-state index in [9.17, 15) is 0 Å². The minimum atomic E-state index is 0.136. The van der Waals surface area contributed by atoms with Crippen LogP contribution in [-0.4, -0.2) is 22.8 Å². The number of nitrogens with one attached hydrogen (secondary N) is 1. The zero-order chi connectivity index (χ0) is 11.1. The first-order valence-electron chi connectivity index (χ1n) is 5.15.